The highest BCUT2D eigenvalue weighted by Crippen LogP contribution is 2.28. The van der Waals surface area contributed by atoms with Crippen LogP contribution < -0.4 is 11.1 Å². The molecule has 0 spiro atoms. The Labute approximate surface area is 129 Å². The molecule has 6 heteroatoms. The van der Waals surface area contributed by atoms with Gasteiger partial charge >= 0.3 is 0 Å². The molecule has 0 bridgehead atoms. The number of amides is 1. The normalized spacial score (nSPS) is 15.9. The fourth-order valence-electron chi connectivity index (χ4n) is 2.12. The molecule has 1 heterocycles. The third-order valence-corrected chi connectivity index (χ3v) is 4.14. The predicted octanol–water partition coefficient (Wildman–Crippen LogP) is 2.85. The van der Waals surface area contributed by atoms with Crippen molar-refractivity contribution in [2.24, 2.45) is 5.73 Å². The van der Waals surface area contributed by atoms with E-state index < -0.39 is 5.54 Å². The van der Waals surface area contributed by atoms with Crippen LogP contribution in [0.5, 0.6) is 0 Å². The maximum absolute atomic E-state index is 11.7. The first-order valence-electron chi connectivity index (χ1n) is 6.59. The van der Waals surface area contributed by atoms with Gasteiger partial charge in [-0.3, -0.25) is 4.79 Å². The van der Waals surface area contributed by atoms with E-state index in [9.17, 15) is 4.79 Å². The second-order valence-electron chi connectivity index (χ2n) is 5.44. The number of nitrogens with two attached hydrogens (primary N) is 1. The summed E-state index contributed by atoms with van der Waals surface area (Å²) >= 11 is 7.42. The topological polar surface area (TPSA) is 68.0 Å². The largest absolute Gasteiger partial charge is 0.368 e. The minimum Gasteiger partial charge on any atom is -0.368 e. The van der Waals surface area contributed by atoms with Crippen molar-refractivity contribution in [2.45, 2.75) is 56.0 Å². The van der Waals surface area contributed by atoms with Crippen molar-refractivity contribution in [3.63, 3.8) is 0 Å². The second-order valence-corrected chi connectivity index (χ2v) is 7.34. The van der Waals surface area contributed by atoms with Crippen LogP contribution in [0.3, 0.4) is 0 Å². The third kappa shape index (κ3) is 5.31. The van der Waals surface area contributed by atoms with E-state index in [1.165, 1.54) is 0 Å². The van der Waals surface area contributed by atoms with Crippen molar-refractivity contribution < 1.29 is 4.79 Å². The Bertz CT molecular complexity index is 452. The zero-order valence-electron chi connectivity index (χ0n) is 12.3. The smallest absolute Gasteiger partial charge is 0.237 e. The van der Waals surface area contributed by atoms with Crippen molar-refractivity contribution in [1.82, 2.24) is 10.3 Å². The van der Waals surface area contributed by atoms with Gasteiger partial charge in [-0.05, 0) is 39.3 Å². The Kier molecular flexibility index (Phi) is 6.30. The van der Waals surface area contributed by atoms with Crippen molar-refractivity contribution in [2.75, 3.05) is 0 Å². The fraction of sp³-hybridized carbons (Fsp3) is 0.571. The first-order valence-corrected chi connectivity index (χ1v) is 7.84. The molecule has 2 atom stereocenters. The second kappa shape index (κ2) is 7.29. The Morgan fingerprint density at radius 2 is 2.15 bits per heavy atom. The van der Waals surface area contributed by atoms with Gasteiger partial charge in [-0.2, -0.15) is 0 Å². The number of hydrogen-bond donors (Lipinski definition) is 2. The summed E-state index contributed by atoms with van der Waals surface area (Å²) in [4.78, 5) is 16.0. The molecule has 0 aromatic carbocycles. The SMILES string of the molecule is CC(C)NC(C)(CC(C)Sc1ccc(Cl)cn1)C(N)=O. The lowest BCUT2D eigenvalue weighted by Gasteiger charge is -2.32. The summed E-state index contributed by atoms with van der Waals surface area (Å²) < 4.78 is 0. The molecule has 0 aliphatic heterocycles. The number of carbonyl (C=O) groups excluding carboxylic acids is 1. The van der Waals surface area contributed by atoms with Gasteiger partial charge in [0.05, 0.1) is 15.6 Å². The lowest BCUT2D eigenvalue weighted by Crippen LogP contribution is -2.56. The molecule has 112 valence electrons. The van der Waals surface area contributed by atoms with Crippen LogP contribution >= 0.6 is 23.4 Å². The minimum atomic E-state index is -0.715. The van der Waals surface area contributed by atoms with Crippen LogP contribution in [0.2, 0.25) is 5.02 Å². The number of nitrogens with zero attached hydrogens (tertiary/aromatic N) is 1. The first kappa shape index (κ1) is 17.3. The average Bonchev–Trinajstić information content (AvgIpc) is 2.30. The number of rotatable bonds is 7. The highest BCUT2D eigenvalue weighted by molar-refractivity contribution is 7.99. The molecule has 20 heavy (non-hydrogen) atoms. The highest BCUT2D eigenvalue weighted by Gasteiger charge is 2.33. The maximum atomic E-state index is 11.7. The molecule has 1 aromatic heterocycles. The van der Waals surface area contributed by atoms with Gasteiger partial charge in [0.2, 0.25) is 5.91 Å². The summed E-state index contributed by atoms with van der Waals surface area (Å²) in [5, 5.41) is 4.96. The molecule has 0 saturated carbocycles. The van der Waals surface area contributed by atoms with Gasteiger partial charge in [-0.15, -0.1) is 11.8 Å². The molecule has 4 nitrogen and oxygen atoms in total. The van der Waals surface area contributed by atoms with E-state index >= 15 is 0 Å². The number of thioether (sulfide) groups is 1. The monoisotopic (exact) mass is 315 g/mol. The zero-order valence-corrected chi connectivity index (χ0v) is 13.9. The van der Waals surface area contributed by atoms with Crippen molar-refractivity contribution in [3.8, 4) is 0 Å². The molecule has 2 unspecified atom stereocenters. The van der Waals surface area contributed by atoms with Gasteiger partial charge in [0.25, 0.3) is 0 Å². The molecule has 0 aliphatic rings. The standard InChI is InChI=1S/C14H22ClN3OS/c1-9(2)18-14(4,13(16)19)7-10(3)20-12-6-5-11(15)8-17-12/h5-6,8-10,18H,7H2,1-4H3,(H2,16,19). The van der Waals surface area contributed by atoms with E-state index in [4.69, 9.17) is 17.3 Å². The Hall–Kier alpha value is -0.780. The molecule has 1 amide bonds. The Morgan fingerprint density at radius 3 is 2.60 bits per heavy atom. The zero-order chi connectivity index (χ0) is 15.3. The average molecular weight is 316 g/mol. The molecular weight excluding hydrogens is 294 g/mol. The molecular formula is C14H22ClN3OS. The van der Waals surface area contributed by atoms with Crippen LogP contribution in [0.1, 0.15) is 34.1 Å². The minimum absolute atomic E-state index is 0.193. The van der Waals surface area contributed by atoms with Crippen LogP contribution in [0.4, 0.5) is 0 Å². The van der Waals surface area contributed by atoms with Gasteiger partial charge in [-0.25, -0.2) is 4.98 Å². The van der Waals surface area contributed by atoms with Crippen LogP contribution in [0, 0.1) is 0 Å². The molecule has 1 rings (SSSR count). The van der Waals surface area contributed by atoms with Gasteiger partial charge in [-0.1, -0.05) is 18.5 Å². The van der Waals surface area contributed by atoms with Crippen LogP contribution in [0.25, 0.3) is 0 Å². The summed E-state index contributed by atoms with van der Waals surface area (Å²) in [6, 6.07) is 3.88. The van der Waals surface area contributed by atoms with Crippen molar-refractivity contribution in [1.29, 1.82) is 0 Å². The molecule has 3 N–H and O–H groups in total. The first-order chi connectivity index (χ1) is 9.23. The van der Waals surface area contributed by atoms with E-state index in [2.05, 4.69) is 17.2 Å². The quantitative estimate of drug-likeness (QED) is 0.759. The maximum Gasteiger partial charge on any atom is 0.237 e. The number of nitrogens with one attached hydrogen (secondary N) is 1. The number of aromatic nitrogens is 1. The molecule has 0 saturated heterocycles. The number of hydrogen-bond acceptors (Lipinski definition) is 4. The predicted molar refractivity (Wildman–Crippen MR) is 85.1 cm³/mol. The Balaban J connectivity index is 2.69. The van der Waals surface area contributed by atoms with Crippen LogP contribution in [-0.2, 0) is 4.79 Å². The summed E-state index contributed by atoms with van der Waals surface area (Å²) in [6.07, 6.45) is 2.26. The van der Waals surface area contributed by atoms with Gasteiger partial charge in [0.1, 0.15) is 0 Å². The van der Waals surface area contributed by atoms with E-state index in [1.807, 2.05) is 32.9 Å². The summed E-state index contributed by atoms with van der Waals surface area (Å²) in [5.41, 5.74) is 4.82. The highest BCUT2D eigenvalue weighted by atomic mass is 35.5. The van der Waals surface area contributed by atoms with Crippen LogP contribution in [-0.4, -0.2) is 27.7 Å². The van der Waals surface area contributed by atoms with E-state index in [1.54, 1.807) is 18.0 Å². The van der Waals surface area contributed by atoms with Gasteiger partial charge in [0.15, 0.2) is 0 Å². The van der Waals surface area contributed by atoms with Crippen molar-refractivity contribution in [3.05, 3.63) is 23.4 Å². The summed E-state index contributed by atoms with van der Waals surface area (Å²) in [6.45, 7) is 7.91. The molecule has 0 radical (unpaired) electrons. The number of primary amides is 1. The number of carbonyl (C=O) groups is 1. The van der Waals surface area contributed by atoms with Crippen molar-refractivity contribution >= 4 is 29.3 Å². The van der Waals surface area contributed by atoms with E-state index in [0.717, 1.165) is 5.03 Å². The lowest BCUT2D eigenvalue weighted by atomic mass is 9.94. The summed E-state index contributed by atoms with van der Waals surface area (Å²) in [5.74, 6) is -0.331. The summed E-state index contributed by atoms with van der Waals surface area (Å²) in [7, 11) is 0. The molecule has 0 fully saturated rings. The number of pyridine rings is 1. The number of halogens is 1. The van der Waals surface area contributed by atoms with Crippen LogP contribution in [0.15, 0.2) is 23.4 Å². The molecule has 1 aromatic rings. The molecule has 0 aliphatic carbocycles. The van der Waals surface area contributed by atoms with E-state index in [-0.39, 0.29) is 17.2 Å². The Morgan fingerprint density at radius 1 is 1.50 bits per heavy atom. The van der Waals surface area contributed by atoms with Gasteiger partial charge < -0.3 is 11.1 Å². The third-order valence-electron chi connectivity index (χ3n) is 2.87. The lowest BCUT2D eigenvalue weighted by molar-refractivity contribution is -0.124. The van der Waals surface area contributed by atoms with Gasteiger partial charge in [0, 0.05) is 17.5 Å². The fourth-order valence-corrected chi connectivity index (χ4v) is 3.32. The van der Waals surface area contributed by atoms with E-state index in [0.29, 0.717) is 11.4 Å².